The van der Waals surface area contributed by atoms with Gasteiger partial charge in [0.05, 0.1) is 5.75 Å². The Labute approximate surface area is 122 Å². The van der Waals surface area contributed by atoms with Gasteiger partial charge in [-0.25, -0.2) is 8.42 Å². The third-order valence-electron chi connectivity index (χ3n) is 3.86. The molecule has 1 aliphatic heterocycles. The fraction of sp³-hybridized carbons (Fsp3) is 0.400. The number of Topliss-reactive ketones (excluding diaryl/α,β-unsaturated/α-hetero) is 1. The number of carbonyl (C=O) groups is 1. The van der Waals surface area contributed by atoms with Crippen LogP contribution in [0.3, 0.4) is 0 Å². The maximum Gasteiger partial charge on any atom is 0.160 e. The van der Waals surface area contributed by atoms with Gasteiger partial charge in [-0.15, -0.1) is 11.3 Å². The van der Waals surface area contributed by atoms with Gasteiger partial charge in [0, 0.05) is 11.1 Å². The second kappa shape index (κ2) is 5.30. The van der Waals surface area contributed by atoms with Gasteiger partial charge in [-0.3, -0.25) is 4.79 Å². The Morgan fingerprint density at radius 3 is 2.85 bits per heavy atom. The molecule has 5 heteroatoms. The molecule has 1 aliphatic rings. The van der Waals surface area contributed by atoms with Crippen molar-refractivity contribution in [2.75, 3.05) is 5.75 Å². The highest BCUT2D eigenvalue weighted by molar-refractivity contribution is 7.92. The van der Waals surface area contributed by atoms with Crippen LogP contribution in [0.15, 0.2) is 29.6 Å². The molecular formula is C15H16O3S2. The van der Waals surface area contributed by atoms with Crippen molar-refractivity contribution < 1.29 is 13.2 Å². The van der Waals surface area contributed by atoms with Gasteiger partial charge in [0.25, 0.3) is 0 Å². The Balaban J connectivity index is 1.85. The van der Waals surface area contributed by atoms with E-state index in [0.717, 1.165) is 22.1 Å². The van der Waals surface area contributed by atoms with E-state index in [1.165, 1.54) is 0 Å². The molecular weight excluding hydrogens is 292 g/mol. The molecule has 0 saturated carbocycles. The topological polar surface area (TPSA) is 51.2 Å². The van der Waals surface area contributed by atoms with Gasteiger partial charge in [0.2, 0.25) is 0 Å². The molecule has 1 fully saturated rings. The molecule has 0 radical (unpaired) electrons. The summed E-state index contributed by atoms with van der Waals surface area (Å²) in [6.45, 7) is 0. The van der Waals surface area contributed by atoms with Crippen LogP contribution >= 0.6 is 11.3 Å². The highest BCUT2D eigenvalue weighted by Gasteiger charge is 2.34. The minimum atomic E-state index is -3.23. The second-order valence-electron chi connectivity index (χ2n) is 5.25. The van der Waals surface area contributed by atoms with Gasteiger partial charge in [-0.05, 0) is 35.2 Å². The van der Waals surface area contributed by atoms with Crippen LogP contribution in [0.5, 0.6) is 0 Å². The van der Waals surface area contributed by atoms with Crippen LogP contribution in [-0.4, -0.2) is 25.2 Å². The van der Waals surface area contributed by atoms with Crippen molar-refractivity contribution in [2.24, 2.45) is 0 Å². The van der Waals surface area contributed by atoms with Crippen molar-refractivity contribution in [3.05, 3.63) is 35.2 Å². The quantitative estimate of drug-likeness (QED) is 0.876. The molecule has 0 aliphatic carbocycles. The molecule has 1 aromatic heterocycles. The molecule has 0 amide bonds. The minimum Gasteiger partial charge on any atom is -0.298 e. The molecule has 0 spiro atoms. The number of rotatable bonds is 3. The molecule has 3 rings (SSSR count). The van der Waals surface area contributed by atoms with Crippen LogP contribution in [-0.2, 0) is 21.1 Å². The van der Waals surface area contributed by atoms with Gasteiger partial charge in [-0.1, -0.05) is 24.6 Å². The normalized spacial score (nSPS) is 21.9. The van der Waals surface area contributed by atoms with Crippen LogP contribution in [0.25, 0.3) is 10.1 Å². The zero-order chi connectivity index (χ0) is 14.2. The van der Waals surface area contributed by atoms with Crippen LogP contribution in [0.1, 0.15) is 24.8 Å². The number of thiophene rings is 1. The number of benzene rings is 1. The Morgan fingerprint density at radius 1 is 1.25 bits per heavy atom. The summed E-state index contributed by atoms with van der Waals surface area (Å²) in [5.41, 5.74) is 0.955. The largest absolute Gasteiger partial charge is 0.298 e. The Hall–Kier alpha value is -1.20. The predicted molar refractivity (Wildman–Crippen MR) is 82.0 cm³/mol. The highest BCUT2D eigenvalue weighted by atomic mass is 32.2. The van der Waals surface area contributed by atoms with Crippen LogP contribution in [0.4, 0.5) is 0 Å². The first-order valence-electron chi connectivity index (χ1n) is 6.77. The average molecular weight is 308 g/mol. The van der Waals surface area contributed by atoms with Crippen molar-refractivity contribution in [2.45, 2.75) is 30.9 Å². The van der Waals surface area contributed by atoms with Gasteiger partial charge < -0.3 is 0 Å². The van der Waals surface area contributed by atoms with E-state index in [4.69, 9.17) is 0 Å². The number of ketones is 1. The molecule has 1 unspecified atom stereocenters. The third-order valence-corrected chi connectivity index (χ3v) is 7.10. The Bertz CT molecular complexity index is 743. The van der Waals surface area contributed by atoms with Crippen molar-refractivity contribution in [3.63, 3.8) is 0 Å². The number of fused-ring (bicyclic) bond motifs is 1. The molecule has 0 bridgehead atoms. The first kappa shape index (κ1) is 13.8. The van der Waals surface area contributed by atoms with Gasteiger partial charge in [0.15, 0.2) is 15.6 Å². The summed E-state index contributed by atoms with van der Waals surface area (Å²) in [5, 5.41) is 2.26. The molecule has 3 nitrogen and oxygen atoms in total. The fourth-order valence-electron chi connectivity index (χ4n) is 2.79. The monoisotopic (exact) mass is 308 g/mol. The number of sulfone groups is 1. The number of hydrogen-bond donors (Lipinski definition) is 0. The summed E-state index contributed by atoms with van der Waals surface area (Å²) >= 11 is 1.60. The maximum absolute atomic E-state index is 12.4. The summed E-state index contributed by atoms with van der Waals surface area (Å²) in [4.78, 5) is 12.4. The maximum atomic E-state index is 12.4. The van der Waals surface area contributed by atoms with Crippen LogP contribution < -0.4 is 0 Å². The Kier molecular flexibility index (Phi) is 3.65. The fourth-order valence-corrected chi connectivity index (χ4v) is 5.65. The smallest absolute Gasteiger partial charge is 0.160 e. The van der Waals surface area contributed by atoms with Crippen LogP contribution in [0.2, 0.25) is 0 Å². The summed E-state index contributed by atoms with van der Waals surface area (Å²) in [6.07, 6.45) is 2.24. The van der Waals surface area contributed by atoms with E-state index in [2.05, 4.69) is 0 Å². The van der Waals surface area contributed by atoms with E-state index in [0.29, 0.717) is 12.8 Å². The first-order valence-corrected chi connectivity index (χ1v) is 9.37. The van der Waals surface area contributed by atoms with Crippen LogP contribution in [0, 0.1) is 0 Å². The van der Waals surface area contributed by atoms with Crippen molar-refractivity contribution in [3.8, 4) is 0 Å². The zero-order valence-corrected chi connectivity index (χ0v) is 12.7. The molecule has 1 saturated heterocycles. The van der Waals surface area contributed by atoms with E-state index < -0.39 is 15.1 Å². The molecule has 2 heterocycles. The van der Waals surface area contributed by atoms with E-state index in [9.17, 15) is 13.2 Å². The summed E-state index contributed by atoms with van der Waals surface area (Å²) < 4.78 is 25.1. The van der Waals surface area contributed by atoms with Gasteiger partial charge >= 0.3 is 0 Å². The molecule has 0 N–H and O–H groups in total. The summed E-state index contributed by atoms with van der Waals surface area (Å²) in [5.74, 6) is 0.0154. The summed E-state index contributed by atoms with van der Waals surface area (Å²) in [6, 6.07) is 7.92. The predicted octanol–water partition coefficient (Wildman–Crippen LogP) is 2.98. The molecule has 2 aromatic rings. The third kappa shape index (κ3) is 2.52. The van der Waals surface area contributed by atoms with Crippen molar-refractivity contribution in [1.82, 2.24) is 0 Å². The first-order chi connectivity index (χ1) is 9.58. The summed E-state index contributed by atoms with van der Waals surface area (Å²) in [7, 11) is -3.23. The van der Waals surface area contributed by atoms with E-state index in [1.807, 2.05) is 29.6 Å². The highest BCUT2D eigenvalue weighted by Crippen LogP contribution is 2.28. The number of hydrogen-bond acceptors (Lipinski definition) is 4. The molecule has 1 atom stereocenters. The minimum absolute atomic E-state index is 0.145. The lowest BCUT2D eigenvalue weighted by Crippen LogP contribution is -2.36. The molecule has 1 aromatic carbocycles. The van der Waals surface area contributed by atoms with Gasteiger partial charge in [-0.2, -0.15) is 0 Å². The second-order valence-corrected chi connectivity index (χ2v) is 8.47. The average Bonchev–Trinajstić information content (AvgIpc) is 2.81. The standard InChI is InChI=1S/C15H16O3S2/c16-13(15-7-3-4-8-20(15,17)18)9-11-10-19-14-6-2-1-5-12(11)14/h1-2,5-6,10,15H,3-4,7-9H2. The van der Waals surface area contributed by atoms with Crippen molar-refractivity contribution in [1.29, 1.82) is 0 Å². The van der Waals surface area contributed by atoms with Crippen molar-refractivity contribution >= 4 is 37.0 Å². The molecule has 20 heavy (non-hydrogen) atoms. The molecule has 106 valence electrons. The zero-order valence-electron chi connectivity index (χ0n) is 11.0. The van der Waals surface area contributed by atoms with E-state index >= 15 is 0 Å². The lowest BCUT2D eigenvalue weighted by atomic mass is 10.0. The number of carbonyl (C=O) groups excluding carboxylic acids is 1. The lowest BCUT2D eigenvalue weighted by molar-refractivity contribution is -0.118. The van der Waals surface area contributed by atoms with E-state index in [-0.39, 0.29) is 18.0 Å². The Morgan fingerprint density at radius 2 is 2.05 bits per heavy atom. The van der Waals surface area contributed by atoms with E-state index in [1.54, 1.807) is 11.3 Å². The lowest BCUT2D eigenvalue weighted by Gasteiger charge is -2.20. The SMILES string of the molecule is O=C(Cc1csc2ccccc12)C1CCCCS1(=O)=O. The van der Waals surface area contributed by atoms with Gasteiger partial charge in [0.1, 0.15) is 5.25 Å².